The second-order valence-corrected chi connectivity index (χ2v) is 37.6. The summed E-state index contributed by atoms with van der Waals surface area (Å²) in [5.74, 6) is -7.31. The lowest BCUT2D eigenvalue weighted by Gasteiger charge is -2.30. The molecule has 0 spiro atoms. The lowest BCUT2D eigenvalue weighted by atomic mass is 10.0. The Hall–Kier alpha value is -6.10. The monoisotopic (exact) mass is 1570 g/mol. The molecule has 0 aliphatic carbocycles. The van der Waals surface area contributed by atoms with Crippen LogP contribution in [0, 0.1) is 23.3 Å². The van der Waals surface area contributed by atoms with E-state index >= 15 is 0 Å². The van der Waals surface area contributed by atoms with Gasteiger partial charge in [-0.2, -0.15) is 0 Å². The molecule has 0 amide bonds. The van der Waals surface area contributed by atoms with Gasteiger partial charge in [0, 0.05) is 71.6 Å². The van der Waals surface area contributed by atoms with E-state index in [0.717, 1.165) is 37.2 Å². The van der Waals surface area contributed by atoms with Crippen LogP contribution in [0.5, 0.6) is 0 Å². The van der Waals surface area contributed by atoms with Gasteiger partial charge in [-0.15, -0.1) is 0 Å². The van der Waals surface area contributed by atoms with Crippen LogP contribution in [0.15, 0.2) is 92.4 Å². The molecule has 0 radical (unpaired) electrons. The van der Waals surface area contributed by atoms with E-state index in [-0.39, 0.29) is 65.5 Å². The van der Waals surface area contributed by atoms with Crippen LogP contribution < -0.4 is 0 Å². The van der Waals surface area contributed by atoms with Gasteiger partial charge in [-0.05, 0) is 157 Å². The van der Waals surface area contributed by atoms with Crippen LogP contribution >= 0.6 is 15.6 Å². The highest BCUT2D eigenvalue weighted by Gasteiger charge is 2.38. The number of hydrogen-bond donors (Lipinski definition) is 3. The summed E-state index contributed by atoms with van der Waals surface area (Å²) in [5.41, 5.74) is -1.06. The quantitative estimate of drug-likeness (QED) is 0.00904. The van der Waals surface area contributed by atoms with E-state index in [1.807, 2.05) is 27.7 Å². The van der Waals surface area contributed by atoms with E-state index in [1.54, 1.807) is 90.0 Å². The van der Waals surface area contributed by atoms with Crippen LogP contribution in [0.4, 0.5) is 17.6 Å². The predicted octanol–water partition coefficient (Wildman–Crippen LogP) is 12.8. The number of carboxylic acid groups (broad SMARTS) is 1. The van der Waals surface area contributed by atoms with Crippen LogP contribution in [0.2, 0.25) is 0 Å². The average Bonchev–Trinajstić information content (AvgIpc) is 0.818. The smallest absolute Gasteiger partial charge is 0.477 e. The van der Waals surface area contributed by atoms with Crippen molar-refractivity contribution >= 4 is 78.9 Å². The first-order valence-corrected chi connectivity index (χ1v) is 41.3. The van der Waals surface area contributed by atoms with Gasteiger partial charge in [-0.3, -0.25) is 18.1 Å². The van der Waals surface area contributed by atoms with E-state index in [2.05, 4.69) is 4.52 Å². The summed E-state index contributed by atoms with van der Waals surface area (Å²) in [4.78, 5) is 61.0. The molecular formula is C66H94F4O26P2S4. The number of phosphoric ester groups is 2. The minimum absolute atomic E-state index is 0.0479. The fourth-order valence-corrected chi connectivity index (χ4v) is 13.7. The summed E-state index contributed by atoms with van der Waals surface area (Å²) in [6, 6.07) is 10.4. The molecule has 0 heterocycles. The maximum atomic E-state index is 14.6. The summed E-state index contributed by atoms with van der Waals surface area (Å²) in [5, 5.41) is 8.39. The third kappa shape index (κ3) is 35.6. The summed E-state index contributed by atoms with van der Waals surface area (Å²) >= 11 is 0. The van der Waals surface area contributed by atoms with Crippen LogP contribution in [-0.2, 0) is 136 Å². The molecule has 102 heavy (non-hydrogen) atoms. The van der Waals surface area contributed by atoms with Crippen molar-refractivity contribution in [3.05, 3.63) is 141 Å². The van der Waals surface area contributed by atoms with Crippen molar-refractivity contribution in [1.82, 2.24) is 0 Å². The first-order valence-electron chi connectivity index (χ1n) is 30.7. The van der Waals surface area contributed by atoms with Crippen LogP contribution in [0.25, 0.3) is 0 Å². The summed E-state index contributed by atoms with van der Waals surface area (Å²) in [6.45, 7) is 26.2. The number of carbonyl (C=O) groups is 4. The van der Waals surface area contributed by atoms with Crippen molar-refractivity contribution in [2.24, 2.45) is 0 Å². The lowest BCUT2D eigenvalue weighted by Crippen LogP contribution is -2.25. The van der Waals surface area contributed by atoms with Crippen molar-refractivity contribution in [2.75, 3.05) is 38.6 Å². The second-order valence-electron chi connectivity index (χ2n) is 26.9. The minimum atomic E-state index is -4.70. The van der Waals surface area contributed by atoms with Gasteiger partial charge < -0.3 is 38.6 Å². The van der Waals surface area contributed by atoms with Gasteiger partial charge in [0.2, 0.25) is 0 Å². The molecule has 0 aliphatic heterocycles. The van der Waals surface area contributed by atoms with Gasteiger partial charge in [-0.25, -0.2) is 79.5 Å². The van der Waals surface area contributed by atoms with Crippen LogP contribution in [-0.4, -0.2) is 128 Å². The van der Waals surface area contributed by atoms with Crippen molar-refractivity contribution in [1.29, 1.82) is 0 Å². The zero-order valence-electron chi connectivity index (χ0n) is 60.8. The molecule has 0 aliphatic rings. The molecular weight excluding hydrogens is 1470 g/mol. The molecule has 4 aromatic rings. The molecule has 0 atom stereocenters. The number of carboxylic acids is 1. The van der Waals surface area contributed by atoms with Gasteiger partial charge in [-0.1, -0.05) is 55.4 Å². The average molecular weight is 1570 g/mol. The standard InChI is InChI=1S/C20H34FO7PS.C19H25FO6S.C15H17FO6S.C12H18FO7PS/c1-14(2)15-10-17(21)16(18(11-15)30(9,23)24)12-25-13-26-29(22,27-19(3,4)5)28-20(6,7)8;1-12(2)13-9-15(20)14(16(10-13)27(6,23)24)11-25-17(21)7-8-18(22)26-19(3,4)5;1-9(2)10-6-12(16)11(13(7-10)23(3,20)21)8-22-15(19)5-4-14(17)18;1-8(2)9-4-11(13)10(12(5-9)22(3,17)18)6-19-7-20-21(14,15)16/h10-11,14H,12-13H2,1-9H3;7-10,12H,11H2,1-6H3;4-7,9H,8H2,1-3H3,(H,17,18);4-5,8H,6-7H2,1-3H3,(H2,14,15,16)/b;8-7+;5-4+;. The Kier molecular flexibility index (Phi) is 35.7. The van der Waals surface area contributed by atoms with E-state index < -0.39 is 159 Å². The summed E-state index contributed by atoms with van der Waals surface area (Å²) in [6.07, 6.45) is 6.80. The topological polar surface area (TPSA) is 383 Å². The molecule has 26 nitrogen and oxygen atoms in total. The maximum absolute atomic E-state index is 14.6. The largest absolute Gasteiger partial charge is 0.478 e. The van der Waals surface area contributed by atoms with E-state index in [0.29, 0.717) is 34.4 Å². The highest BCUT2D eigenvalue weighted by Crippen LogP contribution is 2.55. The molecule has 3 N–H and O–H groups in total. The van der Waals surface area contributed by atoms with Gasteiger partial charge in [0.25, 0.3) is 0 Å². The Balaban J connectivity index is 0.000000685. The molecule has 36 heteroatoms. The van der Waals surface area contributed by atoms with E-state index in [9.17, 15) is 79.5 Å². The van der Waals surface area contributed by atoms with Crippen molar-refractivity contribution in [3.63, 3.8) is 0 Å². The third-order valence-corrected chi connectivity index (χ3v) is 19.7. The van der Waals surface area contributed by atoms with Crippen molar-refractivity contribution in [3.8, 4) is 0 Å². The Bertz CT molecular complexity index is 4220. The van der Waals surface area contributed by atoms with Gasteiger partial charge >= 0.3 is 39.5 Å². The summed E-state index contributed by atoms with van der Waals surface area (Å²) < 4.78 is 221. The molecule has 4 rings (SSSR count). The van der Waals surface area contributed by atoms with Gasteiger partial charge in [0.15, 0.2) is 52.9 Å². The summed E-state index contributed by atoms with van der Waals surface area (Å²) in [7, 11) is -23.5. The number of halogens is 4. The van der Waals surface area contributed by atoms with Crippen LogP contribution in [0.1, 0.15) is 186 Å². The Morgan fingerprint density at radius 1 is 0.422 bits per heavy atom. The van der Waals surface area contributed by atoms with Crippen molar-refractivity contribution < 1.29 is 136 Å². The van der Waals surface area contributed by atoms with Gasteiger partial charge in [0.1, 0.15) is 42.1 Å². The molecule has 0 saturated heterocycles. The Morgan fingerprint density at radius 2 is 0.676 bits per heavy atom. The SMILES string of the molecule is CC(C)c1cc(F)c(COC(=O)/C=C/C(=O)O)c(S(C)(=O)=O)c1.CC(C)c1cc(F)c(COC(=O)/C=C/C(=O)OC(C)(C)C)c(S(C)(=O)=O)c1.CC(C)c1cc(F)c(COCOP(=O)(O)O)c(S(C)(=O)=O)c1.CC(C)c1cc(F)c(COCOP(=O)(OC(C)(C)C)OC(C)(C)C)c(S(C)(=O)=O)c1. The first kappa shape index (κ1) is 93.9. The molecule has 0 aromatic heterocycles. The number of sulfone groups is 4. The maximum Gasteiger partial charge on any atom is 0.477 e. The normalized spacial score (nSPS) is 12.8. The second kappa shape index (κ2) is 38.8. The molecule has 4 aromatic carbocycles. The number of benzene rings is 4. The molecule has 0 unspecified atom stereocenters. The first-order chi connectivity index (χ1) is 46.0. The number of ether oxygens (including phenoxy) is 5. The lowest BCUT2D eigenvalue weighted by molar-refractivity contribution is -0.149. The fraction of sp³-hybridized carbons (Fsp3) is 0.515. The molecule has 0 fully saturated rings. The number of phosphoric acid groups is 2. The third-order valence-electron chi connectivity index (χ3n) is 12.7. The predicted molar refractivity (Wildman–Crippen MR) is 369 cm³/mol. The minimum Gasteiger partial charge on any atom is -0.478 e. The van der Waals surface area contributed by atoms with Crippen LogP contribution in [0.3, 0.4) is 0 Å². The van der Waals surface area contributed by atoms with E-state index in [4.69, 9.17) is 52.1 Å². The number of carbonyl (C=O) groups excluding carboxylic acids is 3. The zero-order chi connectivity index (χ0) is 79.4. The molecule has 0 bridgehead atoms. The van der Waals surface area contributed by atoms with Gasteiger partial charge in [0.05, 0.1) is 44.0 Å². The number of esters is 3. The number of hydrogen-bond acceptors (Lipinski definition) is 23. The molecule has 576 valence electrons. The number of rotatable bonds is 28. The van der Waals surface area contributed by atoms with Crippen molar-refractivity contribution in [2.45, 2.75) is 204 Å². The van der Waals surface area contributed by atoms with E-state index in [1.165, 1.54) is 48.5 Å². The highest BCUT2D eigenvalue weighted by atomic mass is 32.2. The number of aliphatic carboxylic acids is 1. The molecule has 0 saturated carbocycles. The fourth-order valence-electron chi connectivity index (χ4n) is 7.97. The zero-order valence-corrected chi connectivity index (χ0v) is 65.8. The highest BCUT2D eigenvalue weighted by molar-refractivity contribution is 7.91. The Morgan fingerprint density at radius 3 is 0.912 bits per heavy atom. The Labute approximate surface area is 595 Å².